The number of benzene rings is 4. The lowest BCUT2D eigenvalue weighted by Crippen LogP contribution is -2.44. The summed E-state index contributed by atoms with van der Waals surface area (Å²) < 4.78 is 16.4. The third kappa shape index (κ3) is 6.74. The standard InChI is InChI=1S/C34H33NO5S/c1-34(2,3)40-33(37)35-29(32(36)38-4)19-20-41-25-17-15-22(16-18-25)23-9-7-10-24(21-23)26-12-8-13-28-27-11-5-6-14-30(27)39-31(26)28/h5-18,21,29H,19-20H2,1-4H3,(H,35,37)/t29-/m0/s1. The number of methoxy groups -OCH3 is 1. The fraction of sp³-hybridized carbons (Fsp3) is 0.235. The summed E-state index contributed by atoms with van der Waals surface area (Å²) in [5.41, 5.74) is 5.50. The SMILES string of the molecule is COC(=O)[C@H](CCSc1ccc(-c2cccc(-c3cccc4c3oc3ccccc34)c2)cc1)NC(=O)OC(C)(C)C. The number of carbonyl (C=O) groups excluding carboxylic acids is 2. The molecule has 4 aromatic carbocycles. The van der Waals surface area contributed by atoms with Crippen LogP contribution in [-0.4, -0.2) is 36.6 Å². The molecule has 5 aromatic rings. The van der Waals surface area contributed by atoms with Crippen molar-refractivity contribution >= 4 is 45.8 Å². The van der Waals surface area contributed by atoms with E-state index in [1.165, 1.54) is 7.11 Å². The first-order valence-corrected chi connectivity index (χ1v) is 14.5. The Bertz CT molecular complexity index is 1680. The van der Waals surface area contributed by atoms with Crippen molar-refractivity contribution in [3.05, 3.63) is 91.0 Å². The van der Waals surface area contributed by atoms with Gasteiger partial charge in [-0.3, -0.25) is 0 Å². The van der Waals surface area contributed by atoms with Crippen LogP contribution in [0.25, 0.3) is 44.2 Å². The summed E-state index contributed by atoms with van der Waals surface area (Å²) in [6.07, 6.45) is -0.227. The molecular formula is C34H33NO5S. The number of ether oxygens (including phenoxy) is 2. The van der Waals surface area contributed by atoms with Crippen LogP contribution in [0.5, 0.6) is 0 Å². The number of esters is 1. The molecule has 0 saturated carbocycles. The molecular weight excluding hydrogens is 534 g/mol. The number of alkyl carbamates (subject to hydrolysis) is 1. The van der Waals surface area contributed by atoms with Gasteiger partial charge in [-0.25, -0.2) is 9.59 Å². The fourth-order valence-corrected chi connectivity index (χ4v) is 5.64. The first-order chi connectivity index (χ1) is 19.7. The third-order valence-corrected chi connectivity index (χ3v) is 7.66. The van der Waals surface area contributed by atoms with Gasteiger partial charge in [-0.1, -0.05) is 66.7 Å². The smallest absolute Gasteiger partial charge is 0.408 e. The second kappa shape index (κ2) is 12.1. The second-order valence-corrected chi connectivity index (χ2v) is 11.9. The highest BCUT2D eigenvalue weighted by atomic mass is 32.2. The monoisotopic (exact) mass is 567 g/mol. The molecule has 7 heteroatoms. The maximum atomic E-state index is 12.2. The predicted octanol–water partition coefficient (Wildman–Crippen LogP) is 8.47. The summed E-state index contributed by atoms with van der Waals surface area (Å²) in [4.78, 5) is 25.4. The van der Waals surface area contributed by atoms with E-state index in [0.717, 1.165) is 49.1 Å². The van der Waals surface area contributed by atoms with Gasteiger partial charge >= 0.3 is 12.1 Å². The van der Waals surface area contributed by atoms with Crippen LogP contribution in [0.2, 0.25) is 0 Å². The van der Waals surface area contributed by atoms with Gasteiger partial charge in [-0.2, -0.15) is 0 Å². The number of fused-ring (bicyclic) bond motifs is 3. The quantitative estimate of drug-likeness (QED) is 0.150. The molecule has 0 spiro atoms. The normalized spacial score (nSPS) is 12.3. The molecule has 0 aliphatic carbocycles. The van der Waals surface area contributed by atoms with Gasteiger partial charge in [-0.15, -0.1) is 11.8 Å². The minimum atomic E-state index is -0.777. The van der Waals surface area contributed by atoms with Gasteiger partial charge < -0.3 is 19.2 Å². The van der Waals surface area contributed by atoms with Crippen LogP contribution in [0.1, 0.15) is 27.2 Å². The number of amides is 1. The Morgan fingerprint density at radius 2 is 1.56 bits per heavy atom. The van der Waals surface area contributed by atoms with Crippen molar-refractivity contribution in [1.29, 1.82) is 0 Å². The number of rotatable bonds is 8. The third-order valence-electron chi connectivity index (χ3n) is 6.62. The van der Waals surface area contributed by atoms with Crippen LogP contribution < -0.4 is 5.32 Å². The highest BCUT2D eigenvalue weighted by Gasteiger charge is 2.24. The van der Waals surface area contributed by atoms with E-state index in [1.807, 2.05) is 18.2 Å². The lowest BCUT2D eigenvalue weighted by molar-refractivity contribution is -0.143. The van der Waals surface area contributed by atoms with E-state index in [-0.39, 0.29) is 0 Å². The average molecular weight is 568 g/mol. The van der Waals surface area contributed by atoms with Crippen LogP contribution in [0.4, 0.5) is 4.79 Å². The molecule has 5 rings (SSSR count). The second-order valence-electron chi connectivity index (χ2n) is 10.7. The molecule has 1 atom stereocenters. The van der Waals surface area contributed by atoms with Crippen LogP contribution in [0, 0.1) is 0 Å². The van der Waals surface area contributed by atoms with Gasteiger partial charge in [0, 0.05) is 27.0 Å². The number of hydrogen-bond acceptors (Lipinski definition) is 6. The number of furan rings is 1. The van der Waals surface area contributed by atoms with E-state index in [9.17, 15) is 9.59 Å². The molecule has 1 aromatic heterocycles. The Balaban J connectivity index is 1.27. The Kier molecular flexibility index (Phi) is 8.36. The molecule has 0 aliphatic heterocycles. The van der Waals surface area contributed by atoms with E-state index in [2.05, 4.69) is 78.1 Å². The Labute approximate surface area is 244 Å². The van der Waals surface area contributed by atoms with Crippen molar-refractivity contribution in [3.8, 4) is 22.3 Å². The van der Waals surface area contributed by atoms with Crippen molar-refractivity contribution in [2.24, 2.45) is 0 Å². The number of thioether (sulfide) groups is 1. The Hall–Kier alpha value is -4.23. The topological polar surface area (TPSA) is 77.8 Å². The number of carbonyl (C=O) groups is 2. The summed E-state index contributed by atoms with van der Waals surface area (Å²) in [5.74, 6) is 0.122. The number of para-hydroxylation sites is 2. The first kappa shape index (κ1) is 28.3. The molecule has 0 radical (unpaired) electrons. The van der Waals surface area contributed by atoms with Gasteiger partial charge in [-0.05, 0) is 68.1 Å². The Morgan fingerprint density at radius 3 is 2.32 bits per heavy atom. The van der Waals surface area contributed by atoms with E-state index in [4.69, 9.17) is 13.9 Å². The number of nitrogens with one attached hydrogen (secondary N) is 1. The lowest BCUT2D eigenvalue weighted by Gasteiger charge is -2.22. The average Bonchev–Trinajstić information content (AvgIpc) is 3.35. The van der Waals surface area contributed by atoms with E-state index >= 15 is 0 Å². The maximum absolute atomic E-state index is 12.2. The van der Waals surface area contributed by atoms with E-state index < -0.39 is 23.7 Å². The molecule has 1 amide bonds. The van der Waals surface area contributed by atoms with Gasteiger partial charge in [0.1, 0.15) is 22.8 Å². The zero-order chi connectivity index (χ0) is 29.0. The van der Waals surface area contributed by atoms with Crippen LogP contribution >= 0.6 is 11.8 Å². The molecule has 210 valence electrons. The van der Waals surface area contributed by atoms with E-state index in [0.29, 0.717) is 12.2 Å². The Morgan fingerprint density at radius 1 is 0.854 bits per heavy atom. The molecule has 6 nitrogen and oxygen atoms in total. The maximum Gasteiger partial charge on any atom is 0.408 e. The van der Waals surface area contributed by atoms with Gasteiger partial charge in [0.05, 0.1) is 7.11 Å². The van der Waals surface area contributed by atoms with Crippen molar-refractivity contribution in [2.75, 3.05) is 12.9 Å². The van der Waals surface area contributed by atoms with Crippen molar-refractivity contribution < 1.29 is 23.5 Å². The van der Waals surface area contributed by atoms with Crippen molar-refractivity contribution in [2.45, 2.75) is 43.7 Å². The first-order valence-electron chi connectivity index (χ1n) is 13.5. The highest BCUT2D eigenvalue weighted by molar-refractivity contribution is 7.99. The summed E-state index contributed by atoms with van der Waals surface area (Å²) in [7, 11) is 1.31. The molecule has 1 heterocycles. The molecule has 0 saturated heterocycles. The molecule has 41 heavy (non-hydrogen) atoms. The van der Waals surface area contributed by atoms with Crippen LogP contribution in [-0.2, 0) is 14.3 Å². The summed E-state index contributed by atoms with van der Waals surface area (Å²) in [5, 5.41) is 4.85. The minimum Gasteiger partial charge on any atom is -0.467 e. The predicted molar refractivity (Wildman–Crippen MR) is 165 cm³/mol. The highest BCUT2D eigenvalue weighted by Crippen LogP contribution is 2.37. The number of hydrogen-bond donors (Lipinski definition) is 1. The van der Waals surface area contributed by atoms with Crippen LogP contribution in [0.3, 0.4) is 0 Å². The minimum absolute atomic E-state index is 0.410. The summed E-state index contributed by atoms with van der Waals surface area (Å²) in [6, 6.07) is 30.4. The zero-order valence-electron chi connectivity index (χ0n) is 23.6. The van der Waals surface area contributed by atoms with Gasteiger partial charge in [0.15, 0.2) is 0 Å². The fourth-order valence-electron chi connectivity index (χ4n) is 4.72. The largest absolute Gasteiger partial charge is 0.467 e. The molecule has 0 aliphatic rings. The molecule has 0 bridgehead atoms. The molecule has 1 N–H and O–H groups in total. The van der Waals surface area contributed by atoms with Gasteiger partial charge in [0.2, 0.25) is 0 Å². The van der Waals surface area contributed by atoms with E-state index in [1.54, 1.807) is 32.5 Å². The van der Waals surface area contributed by atoms with Gasteiger partial charge in [0.25, 0.3) is 0 Å². The molecule has 0 unspecified atom stereocenters. The molecule has 0 fully saturated rings. The van der Waals surface area contributed by atoms with Crippen molar-refractivity contribution in [1.82, 2.24) is 5.32 Å². The zero-order valence-corrected chi connectivity index (χ0v) is 24.4. The van der Waals surface area contributed by atoms with Crippen molar-refractivity contribution in [3.63, 3.8) is 0 Å². The van der Waals surface area contributed by atoms with Crippen LogP contribution in [0.15, 0.2) is 100 Å². The summed E-state index contributed by atoms with van der Waals surface area (Å²) in [6.45, 7) is 5.32. The lowest BCUT2D eigenvalue weighted by atomic mass is 9.98. The summed E-state index contributed by atoms with van der Waals surface area (Å²) >= 11 is 1.61.